The number of carbonyl (C=O) groups is 1. The third kappa shape index (κ3) is 3.63. The van der Waals surface area contributed by atoms with Crippen molar-refractivity contribution >= 4 is 22.8 Å². The summed E-state index contributed by atoms with van der Waals surface area (Å²) in [6, 6.07) is 6.36. The van der Waals surface area contributed by atoms with Gasteiger partial charge in [0.2, 0.25) is 0 Å². The molecule has 0 saturated carbocycles. The number of fused-ring (bicyclic) bond motifs is 1. The number of aromatic nitrogens is 3. The lowest BCUT2D eigenvalue weighted by Crippen LogP contribution is -2.44. The summed E-state index contributed by atoms with van der Waals surface area (Å²) in [5, 5.41) is 8.06. The van der Waals surface area contributed by atoms with Crippen LogP contribution in [0.1, 0.15) is 25.8 Å². The van der Waals surface area contributed by atoms with Crippen molar-refractivity contribution in [2.24, 2.45) is 5.92 Å². The molecule has 1 aromatic carbocycles. The normalized spacial score (nSPS) is 13.9. The van der Waals surface area contributed by atoms with Crippen LogP contribution in [0.2, 0.25) is 0 Å². The van der Waals surface area contributed by atoms with E-state index in [1.54, 1.807) is 23.2 Å². The number of benzene rings is 1. The molecule has 1 aliphatic rings. The number of rotatable bonds is 4. The number of amides is 2. The maximum absolute atomic E-state index is 14.4. The quantitative estimate of drug-likeness (QED) is 0.758. The van der Waals surface area contributed by atoms with Crippen LogP contribution in [0.15, 0.2) is 36.7 Å². The molecule has 27 heavy (non-hydrogen) atoms. The highest BCUT2D eigenvalue weighted by molar-refractivity contribution is 5.90. The topological polar surface area (TPSA) is 63.1 Å². The summed E-state index contributed by atoms with van der Waals surface area (Å²) in [5.74, 6) is 0.121. The second-order valence-electron chi connectivity index (χ2n) is 7.36. The molecular formula is C20H22FN5O. The first-order valence-electron chi connectivity index (χ1n) is 9.20. The number of likely N-dealkylation sites (tertiary alicyclic amines) is 1. The first-order chi connectivity index (χ1) is 13.0. The minimum absolute atomic E-state index is 0.163. The molecule has 3 aromatic rings. The Kier molecular flexibility index (Phi) is 4.51. The van der Waals surface area contributed by atoms with Crippen molar-refractivity contribution in [3.8, 4) is 5.69 Å². The van der Waals surface area contributed by atoms with Gasteiger partial charge < -0.3 is 10.2 Å². The van der Waals surface area contributed by atoms with Crippen molar-refractivity contribution in [2.75, 3.05) is 18.4 Å². The predicted octanol–water partition coefficient (Wildman–Crippen LogP) is 4.00. The summed E-state index contributed by atoms with van der Waals surface area (Å²) in [5.41, 5.74) is 2.51. The molecule has 3 heterocycles. The molecule has 2 aromatic heterocycles. The molecule has 0 spiro atoms. The molecule has 4 rings (SSSR count). The van der Waals surface area contributed by atoms with Gasteiger partial charge in [-0.25, -0.2) is 18.9 Å². The van der Waals surface area contributed by atoms with E-state index in [9.17, 15) is 9.18 Å². The van der Waals surface area contributed by atoms with Gasteiger partial charge in [-0.05, 0) is 48.6 Å². The molecular weight excluding hydrogens is 345 g/mol. The molecule has 2 amide bonds. The Balaban J connectivity index is 1.63. The van der Waals surface area contributed by atoms with Gasteiger partial charge in [0.25, 0.3) is 0 Å². The van der Waals surface area contributed by atoms with Crippen LogP contribution in [0.5, 0.6) is 0 Å². The van der Waals surface area contributed by atoms with Gasteiger partial charge in [0.15, 0.2) is 5.65 Å². The largest absolute Gasteiger partial charge is 0.324 e. The number of nitrogens with one attached hydrogen (secondary N) is 1. The van der Waals surface area contributed by atoms with Crippen LogP contribution in [-0.2, 0) is 6.42 Å². The fraction of sp³-hybridized carbons (Fsp3) is 0.350. The first kappa shape index (κ1) is 17.5. The Bertz CT molecular complexity index is 993. The number of nitrogens with zero attached hydrogens (tertiary/aromatic N) is 4. The molecule has 1 N–H and O–H groups in total. The molecule has 1 saturated heterocycles. The van der Waals surface area contributed by atoms with Crippen LogP contribution in [0, 0.1) is 11.7 Å². The van der Waals surface area contributed by atoms with Gasteiger partial charge in [-0.2, -0.15) is 0 Å². The highest BCUT2D eigenvalue weighted by atomic mass is 19.1. The van der Waals surface area contributed by atoms with E-state index < -0.39 is 5.82 Å². The fourth-order valence-electron chi connectivity index (χ4n) is 3.16. The Morgan fingerprint density at radius 1 is 1.30 bits per heavy atom. The maximum Gasteiger partial charge on any atom is 0.321 e. The van der Waals surface area contributed by atoms with E-state index in [2.05, 4.69) is 29.2 Å². The molecule has 0 unspecified atom stereocenters. The minimum atomic E-state index is -0.410. The summed E-state index contributed by atoms with van der Waals surface area (Å²) in [4.78, 5) is 18.2. The van der Waals surface area contributed by atoms with Crippen LogP contribution >= 0.6 is 0 Å². The van der Waals surface area contributed by atoms with E-state index in [1.807, 2.05) is 12.3 Å². The second-order valence-corrected chi connectivity index (χ2v) is 7.36. The van der Waals surface area contributed by atoms with E-state index in [4.69, 9.17) is 0 Å². The van der Waals surface area contributed by atoms with Gasteiger partial charge in [0.05, 0.1) is 0 Å². The monoisotopic (exact) mass is 367 g/mol. The molecule has 7 heteroatoms. The molecule has 0 radical (unpaired) electrons. The fourth-order valence-corrected chi connectivity index (χ4v) is 3.16. The average molecular weight is 367 g/mol. The highest BCUT2D eigenvalue weighted by Gasteiger charge is 2.20. The maximum atomic E-state index is 14.4. The van der Waals surface area contributed by atoms with Gasteiger partial charge in [0, 0.05) is 36.6 Å². The highest BCUT2D eigenvalue weighted by Crippen LogP contribution is 2.22. The lowest BCUT2D eigenvalue weighted by molar-refractivity contribution is 0.181. The summed E-state index contributed by atoms with van der Waals surface area (Å²) < 4.78 is 15.9. The molecule has 0 atom stereocenters. The Morgan fingerprint density at radius 3 is 2.81 bits per heavy atom. The zero-order valence-corrected chi connectivity index (χ0v) is 15.4. The average Bonchev–Trinajstić information content (AvgIpc) is 2.97. The Morgan fingerprint density at radius 2 is 2.11 bits per heavy atom. The van der Waals surface area contributed by atoms with E-state index in [0.29, 0.717) is 17.3 Å². The second kappa shape index (κ2) is 6.98. The molecule has 1 fully saturated rings. The van der Waals surface area contributed by atoms with Gasteiger partial charge in [0.1, 0.15) is 11.5 Å². The SMILES string of the molecule is CC(C)Cc1cnc2nn(-c3cc(NC(=O)N4CCC4)ccc3F)cc2c1. The Hall–Kier alpha value is -2.96. The van der Waals surface area contributed by atoms with Crippen molar-refractivity contribution < 1.29 is 9.18 Å². The number of anilines is 1. The lowest BCUT2D eigenvalue weighted by atomic mass is 10.0. The van der Waals surface area contributed by atoms with Gasteiger partial charge in [-0.15, -0.1) is 5.10 Å². The van der Waals surface area contributed by atoms with Crippen molar-refractivity contribution in [3.05, 3.63) is 48.0 Å². The number of halogens is 1. The van der Waals surface area contributed by atoms with Crippen molar-refractivity contribution in [1.82, 2.24) is 19.7 Å². The van der Waals surface area contributed by atoms with Gasteiger partial charge >= 0.3 is 6.03 Å². The van der Waals surface area contributed by atoms with Crippen molar-refractivity contribution in [2.45, 2.75) is 26.7 Å². The number of hydrogen-bond donors (Lipinski definition) is 1. The predicted molar refractivity (Wildman–Crippen MR) is 103 cm³/mol. The van der Waals surface area contributed by atoms with E-state index in [-0.39, 0.29) is 11.7 Å². The number of hydrogen-bond acceptors (Lipinski definition) is 3. The lowest BCUT2D eigenvalue weighted by Gasteiger charge is -2.30. The van der Waals surface area contributed by atoms with E-state index in [1.165, 1.54) is 10.7 Å². The minimum Gasteiger partial charge on any atom is -0.324 e. The van der Waals surface area contributed by atoms with Crippen molar-refractivity contribution in [1.29, 1.82) is 0 Å². The number of pyridine rings is 1. The standard InChI is InChI=1S/C20H22FN5O/c1-13(2)8-14-9-15-12-26(24-19(15)22-11-14)18-10-16(4-5-17(18)21)23-20(27)25-6-3-7-25/h4-5,9-13H,3,6-8H2,1-2H3,(H,23,27). The Labute approximate surface area is 157 Å². The summed E-state index contributed by atoms with van der Waals surface area (Å²) >= 11 is 0. The molecule has 140 valence electrons. The molecule has 6 nitrogen and oxygen atoms in total. The van der Waals surface area contributed by atoms with Gasteiger partial charge in [-0.3, -0.25) is 0 Å². The number of urea groups is 1. The van der Waals surface area contributed by atoms with Crippen LogP contribution in [0.4, 0.5) is 14.9 Å². The smallest absolute Gasteiger partial charge is 0.321 e. The van der Waals surface area contributed by atoms with Crippen LogP contribution in [0.25, 0.3) is 16.7 Å². The summed E-state index contributed by atoms with van der Waals surface area (Å²) in [7, 11) is 0. The van der Waals surface area contributed by atoms with Crippen LogP contribution in [-0.4, -0.2) is 38.8 Å². The summed E-state index contributed by atoms with van der Waals surface area (Å²) in [6.45, 7) is 5.83. The number of carbonyl (C=O) groups excluding carboxylic acids is 1. The zero-order chi connectivity index (χ0) is 19.0. The first-order valence-corrected chi connectivity index (χ1v) is 9.20. The third-order valence-electron chi connectivity index (χ3n) is 4.65. The van der Waals surface area contributed by atoms with E-state index >= 15 is 0 Å². The third-order valence-corrected chi connectivity index (χ3v) is 4.65. The van der Waals surface area contributed by atoms with Gasteiger partial charge in [-0.1, -0.05) is 13.8 Å². The zero-order valence-electron chi connectivity index (χ0n) is 15.4. The van der Waals surface area contributed by atoms with Crippen molar-refractivity contribution in [3.63, 3.8) is 0 Å². The van der Waals surface area contributed by atoms with Crippen LogP contribution in [0.3, 0.4) is 0 Å². The van der Waals surface area contributed by atoms with Crippen LogP contribution < -0.4 is 5.32 Å². The summed E-state index contributed by atoms with van der Waals surface area (Å²) in [6.07, 6.45) is 5.54. The molecule has 0 bridgehead atoms. The molecule has 1 aliphatic heterocycles. The van der Waals surface area contributed by atoms with E-state index in [0.717, 1.165) is 36.9 Å². The molecule has 0 aliphatic carbocycles.